The molecule has 21 heterocycles. The number of halogens is 11. The summed E-state index contributed by atoms with van der Waals surface area (Å²) in [5.41, 5.74) is 10.8. The first-order chi connectivity index (χ1) is 61.7. The maximum absolute atomic E-state index is 11.8. The van der Waals surface area contributed by atoms with Crippen LogP contribution in [0.1, 0.15) is 75.6 Å². The van der Waals surface area contributed by atoms with E-state index in [0.717, 1.165) is 142 Å². The number of hydrogen-bond donors (Lipinski definition) is 11. The summed E-state index contributed by atoms with van der Waals surface area (Å²) in [6.45, 7) is 11.1. The zero-order valence-corrected chi connectivity index (χ0v) is 79.7. The Balaban J connectivity index is 0.000000117. The van der Waals surface area contributed by atoms with Crippen LogP contribution in [0.2, 0.25) is 5.15 Å². The number of nitrogen functional groups attached to an aromatic ring is 1. The molecule has 14 aromatic rings. The van der Waals surface area contributed by atoms with Gasteiger partial charge in [-0.05, 0) is 141 Å². The van der Waals surface area contributed by atoms with Gasteiger partial charge in [0.25, 0.3) is 5.56 Å². The Bertz CT molecular complexity index is 6620. The number of aromatic nitrogens is 9. The first-order valence-electron chi connectivity index (χ1n) is 38.8. The largest absolute Gasteiger partial charge is 0.495 e. The Morgan fingerprint density at radius 3 is 1.39 bits per heavy atom. The number of alkyl halides is 5. The van der Waals surface area contributed by atoms with Crippen molar-refractivity contribution < 1.29 is 59.8 Å². The standard InChI is InChI=1S/C18H22ClN5O3.C14H17ClN4O3.C13H14BrClN4O2.C10H9BrN2O3.C9H6BrCl2N3O.C9H4BrN3O3.C6H2BrClN2/c1-23(2)13(25)4-3-11-9-12-14-15(27-17(12)20-10-11)16(22-18(19)21-14)24-5-7-26-8-6-24;1-20-8-6-9-10-11(22-13(9)16-7-8)12(18-14(15)17-10)19-2-4-21-5-3-19;14-7-5-8-9-10(21-12(8)16-6-7)11(18-13(15)17-9)19-1-3-20-4-2-19;1-2-15-10(14)8-7(12)6-3-5(11)4-13-9(6)16-8;10-3-1-4-5-6(16-8(4)13-2-3)7(11)15-9(12)14-5;10-3-1-4-5-6(16-8(4)11-2-3)7(14)13-9(15)12-5;7-5-1-4(2-9)6(8)10-3-5/h3-4,9-10,16,18,21-22H,5-8H2,1-2H3;6-7,12,14,17-18H,2-5H2,1H3;5-6,11,13,17-18H,1-4H2;3-4H,2,12H2,1H3;1-2,7,9,14-15H;1-2H,(H2,12,13,14,15);1,3H/b4-3+;;;;;;. The topological polar surface area (TPSA) is 474 Å². The minimum Gasteiger partial charge on any atom is -0.495 e. The summed E-state index contributed by atoms with van der Waals surface area (Å²) in [6, 6.07) is 14.8. The minimum absolute atomic E-state index is 0.00227. The fraction of sp³-hybridized carbons (Fsp3) is 0.316. The third kappa shape index (κ3) is 21.6. The molecule has 0 radical (unpaired) electrons. The lowest BCUT2D eigenvalue weighted by molar-refractivity contribution is -0.123. The Morgan fingerprint density at radius 1 is 0.531 bits per heavy atom. The molecule has 3 fully saturated rings. The number of pyridine rings is 7. The van der Waals surface area contributed by atoms with E-state index in [1.165, 1.54) is 11.0 Å². The van der Waals surface area contributed by atoms with Crippen LogP contribution in [-0.2, 0) is 23.7 Å². The predicted molar refractivity (Wildman–Crippen MR) is 500 cm³/mol. The fourth-order valence-electron chi connectivity index (χ4n) is 14.0. The van der Waals surface area contributed by atoms with E-state index in [-0.39, 0.29) is 64.4 Å². The van der Waals surface area contributed by atoms with Crippen LogP contribution in [0.25, 0.3) is 83.8 Å². The molecule has 0 aromatic carbocycles. The van der Waals surface area contributed by atoms with E-state index in [1.807, 2.05) is 30.3 Å². The van der Waals surface area contributed by atoms with Crippen molar-refractivity contribution in [2.75, 3.05) is 134 Å². The van der Waals surface area contributed by atoms with Crippen molar-refractivity contribution in [3.05, 3.63) is 180 Å². The molecule has 8 atom stereocenters. The van der Waals surface area contributed by atoms with Crippen LogP contribution in [-0.4, -0.2) is 206 Å². The van der Waals surface area contributed by atoms with Crippen LogP contribution >= 0.6 is 149 Å². The van der Waals surface area contributed by atoms with Gasteiger partial charge < -0.3 is 87.1 Å². The third-order valence-corrected chi connectivity index (χ3v) is 23.7. The van der Waals surface area contributed by atoms with Gasteiger partial charge in [-0.15, -0.1) is 0 Å². The molecule has 1 amide bonds. The first-order valence-corrected chi connectivity index (χ1v) is 45.3. The van der Waals surface area contributed by atoms with Gasteiger partial charge in [0.1, 0.15) is 46.5 Å². The van der Waals surface area contributed by atoms with E-state index in [1.54, 1.807) is 95.8 Å². The van der Waals surface area contributed by atoms with Gasteiger partial charge in [-0.3, -0.25) is 50.5 Å². The van der Waals surface area contributed by atoms with Gasteiger partial charge >= 0.3 is 11.7 Å². The van der Waals surface area contributed by atoms with Crippen LogP contribution in [0.3, 0.4) is 0 Å². The second kappa shape index (κ2) is 42.0. The summed E-state index contributed by atoms with van der Waals surface area (Å²) >= 11 is 53.1. The number of ether oxygens (including phenoxy) is 5. The number of aromatic amines is 2. The van der Waals surface area contributed by atoms with Crippen LogP contribution in [0.15, 0.2) is 150 Å². The number of esters is 1. The number of amides is 1. The maximum atomic E-state index is 11.8. The Labute approximate surface area is 796 Å². The highest BCUT2D eigenvalue weighted by Crippen LogP contribution is 2.45. The molecule has 12 N–H and O–H groups in total. The van der Waals surface area contributed by atoms with Crippen molar-refractivity contribution >= 4 is 273 Å². The zero-order chi connectivity index (χ0) is 90.3. The van der Waals surface area contributed by atoms with Crippen molar-refractivity contribution in [2.45, 2.75) is 53.4 Å². The smallest absolute Gasteiger partial charge is 0.376 e. The SMILES string of the molecule is CCOC(=O)c1oc2ncc(Br)cc2c1N.CN(C)C(=O)/C=C/c1cnc2oc3c(c2c1)NC(Cl)NC3N1CCOCC1.COc1cnc2oc3c(c2c1)NC(Cl)NC3N1CCOCC1.ClC1Nc2c(oc3ncc(Br)cc23)C(Cl)N1.ClC1Nc2c(oc3ncc(Br)cc23)C(N2CCOCC2)N1.N#Cc1cc(Br)cnc1Cl.O=c1[nH]c(=O)c2oc3ncc(Br)cc3c2[nH]1. The molecular weight excluding hydrogens is 2120 g/mol. The van der Waals surface area contributed by atoms with Crippen molar-refractivity contribution in [1.82, 2.24) is 85.7 Å². The number of anilines is 5. The average molecular weight is 2200 g/mol. The first kappa shape index (κ1) is 93.6. The van der Waals surface area contributed by atoms with Crippen LogP contribution in [0, 0.1) is 11.3 Å². The second-order valence-electron chi connectivity index (χ2n) is 28.4. The number of furan rings is 6. The molecule has 0 aliphatic carbocycles. The number of hydrogen-bond acceptors (Lipinski definition) is 35. The fourth-order valence-corrected chi connectivity index (χ4v) is 17.1. The zero-order valence-electron chi connectivity index (χ0n) is 67.3. The molecule has 128 heavy (non-hydrogen) atoms. The van der Waals surface area contributed by atoms with Gasteiger partial charge in [0.15, 0.2) is 45.5 Å². The molecule has 21 rings (SSSR count). The van der Waals surface area contributed by atoms with E-state index in [4.69, 9.17) is 131 Å². The molecule has 0 spiro atoms. The number of likely N-dealkylation sites (N-methyl/N-ethyl adjacent to an activating group) is 1. The van der Waals surface area contributed by atoms with E-state index in [0.29, 0.717) is 94.1 Å². The molecule has 14 aromatic heterocycles. The number of morpholine rings is 3. The van der Waals surface area contributed by atoms with Gasteiger partial charge in [0.05, 0.1) is 126 Å². The maximum Gasteiger partial charge on any atom is 0.376 e. The lowest BCUT2D eigenvalue weighted by Gasteiger charge is -2.38. The van der Waals surface area contributed by atoms with Crippen molar-refractivity contribution in [2.24, 2.45) is 0 Å². The molecular formula is C79H74Br5Cl6N23O15. The number of methoxy groups -OCH3 is 1. The van der Waals surface area contributed by atoms with Gasteiger partial charge in [-0.1, -0.05) is 69.6 Å². The van der Waals surface area contributed by atoms with Crippen molar-refractivity contribution in [3.8, 4) is 11.8 Å². The van der Waals surface area contributed by atoms with Crippen LogP contribution < -0.4 is 64.3 Å². The molecule has 672 valence electrons. The van der Waals surface area contributed by atoms with Crippen molar-refractivity contribution in [1.29, 1.82) is 5.26 Å². The van der Waals surface area contributed by atoms with E-state index in [2.05, 4.69) is 182 Å². The monoisotopic (exact) mass is 2190 g/mol. The number of fused-ring (bicyclic) bond motifs is 16. The number of nitriles is 1. The summed E-state index contributed by atoms with van der Waals surface area (Å²) in [7, 11) is 5.04. The number of carbonyl (C=O) groups is 2. The number of nitrogens with two attached hydrogens (primary N) is 1. The lowest BCUT2D eigenvalue weighted by atomic mass is 10.1. The normalized spacial score (nSPS) is 20.2. The van der Waals surface area contributed by atoms with Crippen LogP contribution in [0.5, 0.6) is 5.75 Å². The Hall–Kier alpha value is -9.06. The molecule has 0 bridgehead atoms. The molecule has 49 heteroatoms. The quantitative estimate of drug-likeness (QED) is 0.0221. The van der Waals surface area contributed by atoms with E-state index in [9.17, 15) is 19.2 Å². The number of carbonyl (C=O) groups excluding carboxylic acids is 2. The molecule has 7 aliphatic rings. The molecule has 0 saturated carbocycles. The summed E-state index contributed by atoms with van der Waals surface area (Å²) in [4.78, 5) is 87.7. The highest BCUT2D eigenvalue weighted by molar-refractivity contribution is 9.11. The Morgan fingerprint density at radius 2 is 0.930 bits per heavy atom. The highest BCUT2D eigenvalue weighted by atomic mass is 79.9. The summed E-state index contributed by atoms with van der Waals surface area (Å²) in [5.74, 6) is 3.03. The number of rotatable bonds is 8. The summed E-state index contributed by atoms with van der Waals surface area (Å²) < 4.78 is 64.4. The van der Waals surface area contributed by atoms with Gasteiger partial charge in [0.2, 0.25) is 51.5 Å². The highest BCUT2D eigenvalue weighted by Gasteiger charge is 2.40. The second-order valence-corrected chi connectivity index (χ2v) is 35.5. The summed E-state index contributed by atoms with van der Waals surface area (Å²) in [6.07, 6.45) is 14.4. The predicted octanol–water partition coefficient (Wildman–Crippen LogP) is 15.2. The number of nitrogens with zero attached hydrogens (tertiary/aromatic N) is 12. The van der Waals surface area contributed by atoms with Crippen molar-refractivity contribution in [3.63, 3.8) is 0 Å². The van der Waals surface area contributed by atoms with Gasteiger partial charge in [-0.2, -0.15) is 5.26 Å². The number of H-pyrrole nitrogens is 2. The lowest BCUT2D eigenvalue weighted by Crippen LogP contribution is -2.50. The number of nitrogens with one attached hydrogen (secondary N) is 10. The van der Waals surface area contributed by atoms with Gasteiger partial charge in [0, 0.05) is 119 Å². The molecule has 7 aliphatic heterocycles. The summed E-state index contributed by atoms with van der Waals surface area (Å²) in [5, 5.41) is 38.9. The third-order valence-electron chi connectivity index (χ3n) is 19.9. The van der Waals surface area contributed by atoms with Gasteiger partial charge in [-0.25, -0.2) is 44.5 Å². The van der Waals surface area contributed by atoms with E-state index >= 15 is 0 Å². The minimum atomic E-state index is -0.575. The van der Waals surface area contributed by atoms with Crippen LogP contribution in [0.4, 0.5) is 28.4 Å². The van der Waals surface area contributed by atoms with E-state index < -0.39 is 34.0 Å². The Kier molecular flexibility index (Phi) is 30.7. The molecule has 3 saturated heterocycles. The molecule has 38 nitrogen and oxygen atoms in total. The molecule has 8 unspecified atom stereocenters. The average Bonchev–Trinajstić information content (AvgIpc) is 1.62.